The van der Waals surface area contributed by atoms with Crippen molar-refractivity contribution in [2.75, 3.05) is 0 Å². The first-order valence-corrected chi connectivity index (χ1v) is 22.3. The minimum absolute atomic E-state index is 0. The van der Waals surface area contributed by atoms with Crippen molar-refractivity contribution in [1.29, 1.82) is 0 Å². The summed E-state index contributed by atoms with van der Waals surface area (Å²) in [5.74, 6) is 1.95. The van der Waals surface area contributed by atoms with E-state index in [9.17, 15) is 0 Å². The second-order valence-electron chi connectivity index (χ2n) is 18.0. The van der Waals surface area contributed by atoms with Crippen LogP contribution in [0.25, 0.3) is 106 Å². The minimum Gasteiger partial charge on any atom is -0.512 e. The Morgan fingerprint density at radius 1 is 0.582 bits per heavy atom. The van der Waals surface area contributed by atoms with Crippen molar-refractivity contribution in [3.63, 3.8) is 0 Å². The quantitative estimate of drug-likeness (QED) is 0.127. The van der Waals surface area contributed by atoms with Crippen LogP contribution in [0.1, 0.15) is 26.3 Å². The third-order valence-corrected chi connectivity index (χ3v) is 13.0. The predicted molar refractivity (Wildman–Crippen MR) is 264 cm³/mol. The molecule has 7 heteroatoms. The molecule has 5 heterocycles. The van der Waals surface area contributed by atoms with E-state index in [0.717, 1.165) is 88.8 Å². The van der Waals surface area contributed by atoms with Crippen LogP contribution >= 0.6 is 0 Å². The molecule has 0 aliphatic carbocycles. The van der Waals surface area contributed by atoms with E-state index in [1.54, 1.807) is 6.26 Å². The van der Waals surface area contributed by atoms with Crippen LogP contribution in [0.5, 0.6) is 11.5 Å². The first kappa shape index (κ1) is 40.7. The van der Waals surface area contributed by atoms with E-state index in [0.29, 0.717) is 17.1 Å². The Hall–Kier alpha value is -7.79. The fourth-order valence-electron chi connectivity index (χ4n) is 9.92. The number of hydrogen-bond acceptors (Lipinski definition) is 3. The maximum atomic E-state index is 6.68. The first-order chi connectivity index (χ1) is 32.4. The zero-order valence-electron chi connectivity index (χ0n) is 36.8. The van der Waals surface area contributed by atoms with E-state index in [1.807, 2.05) is 24.4 Å². The number of fused-ring (bicyclic) bond motifs is 11. The maximum Gasteiger partial charge on any atom is 0.269 e. The van der Waals surface area contributed by atoms with Gasteiger partial charge in [-0.05, 0) is 84.5 Å². The number of rotatable bonds is 5. The fraction of sp³-hybridized carbons (Fsp3) is 0.0667. The van der Waals surface area contributed by atoms with Crippen molar-refractivity contribution in [2.24, 2.45) is 0 Å². The van der Waals surface area contributed by atoms with Gasteiger partial charge in [-0.2, -0.15) is 6.07 Å². The Labute approximate surface area is 402 Å². The first-order valence-electron chi connectivity index (χ1n) is 22.3. The van der Waals surface area contributed by atoms with Gasteiger partial charge in [0, 0.05) is 49.9 Å². The standard InChI is InChI=1S/C60H40N4O2.Pt/c1-60(2,3)39-31-32-61-57(33-39)64-52-25-12-11-21-47(52)48-29-27-41(35-54(48)64)66-40-28-30-56-51(34-40)55(36-65-56)62-37-63-58-42(38-15-5-4-6-16-38)22-13-23-49(58)45-19-9-7-17-43(45)44-18-8-10-20-46(44)50-24-14-26-53(62)59(50)63;/h4-33,36H,1-3H3;/q-2;. The van der Waals surface area contributed by atoms with Crippen molar-refractivity contribution in [3.8, 4) is 73.2 Å². The number of hydrogen-bond donors (Lipinski definition) is 0. The van der Waals surface area contributed by atoms with Crippen LogP contribution in [0.4, 0.5) is 0 Å². The number of para-hydroxylation sites is 3. The van der Waals surface area contributed by atoms with E-state index in [2.05, 4.69) is 211 Å². The summed E-state index contributed by atoms with van der Waals surface area (Å²) in [6.07, 6.45) is 7.58. The van der Waals surface area contributed by atoms with Gasteiger partial charge in [-0.25, -0.2) is 4.98 Å². The van der Waals surface area contributed by atoms with Crippen LogP contribution in [0, 0.1) is 18.5 Å². The molecule has 0 saturated carbocycles. The second kappa shape index (κ2) is 15.7. The Bertz CT molecular complexity index is 3910. The topological polar surface area (TPSA) is 49.0 Å². The summed E-state index contributed by atoms with van der Waals surface area (Å²) in [6, 6.07) is 69.1. The average molecular weight is 1040 g/mol. The molecule has 4 aromatic heterocycles. The molecule has 0 bridgehead atoms. The molecule has 0 saturated heterocycles. The van der Waals surface area contributed by atoms with Crippen molar-refractivity contribution in [3.05, 3.63) is 212 Å². The summed E-state index contributed by atoms with van der Waals surface area (Å²) in [6.45, 7) is 6.67. The summed E-state index contributed by atoms with van der Waals surface area (Å²) in [5.41, 5.74) is 16.7. The van der Waals surface area contributed by atoms with Crippen LogP contribution in [-0.2, 0) is 26.5 Å². The zero-order chi connectivity index (χ0) is 44.1. The molecular formula is C60H40N4O2Pt-2. The van der Waals surface area contributed by atoms with E-state index >= 15 is 0 Å². The van der Waals surface area contributed by atoms with Crippen LogP contribution < -0.4 is 9.30 Å². The van der Waals surface area contributed by atoms with Gasteiger partial charge in [-0.3, -0.25) is 9.13 Å². The molecule has 0 radical (unpaired) electrons. The molecule has 8 aromatic carbocycles. The molecule has 0 spiro atoms. The van der Waals surface area contributed by atoms with E-state index in [4.69, 9.17) is 14.1 Å². The SMILES string of the molecule is CC(C)(C)c1ccnc(-n2c3[c-]c(Oc4[c-]c5c(-n6[c-][n+]7c8c(cccc86)-c6ccccc6-c6ccccc6-c6cccc(-c8ccccc8)c6-7)coc5cc4)ccc3c3ccccc32)c1.[Pt]. The third-order valence-electron chi connectivity index (χ3n) is 13.0. The van der Waals surface area contributed by atoms with Crippen LogP contribution in [0.2, 0.25) is 0 Å². The van der Waals surface area contributed by atoms with Gasteiger partial charge in [0.2, 0.25) is 0 Å². The Kier molecular flexibility index (Phi) is 9.53. The van der Waals surface area contributed by atoms with Crippen LogP contribution in [0.15, 0.2) is 193 Å². The van der Waals surface area contributed by atoms with Crippen molar-refractivity contribution in [2.45, 2.75) is 26.2 Å². The Balaban J connectivity index is 0.00000468. The minimum atomic E-state index is -0.0382. The molecule has 324 valence electrons. The number of imidazole rings is 1. The van der Waals surface area contributed by atoms with E-state index in [-0.39, 0.29) is 26.5 Å². The Morgan fingerprint density at radius 3 is 2.00 bits per heavy atom. The molecule has 1 aliphatic rings. The van der Waals surface area contributed by atoms with Crippen molar-refractivity contribution < 1.29 is 34.8 Å². The number of benzene rings is 8. The van der Waals surface area contributed by atoms with Gasteiger partial charge < -0.3 is 13.7 Å². The van der Waals surface area contributed by atoms with Crippen molar-refractivity contribution >= 4 is 43.8 Å². The monoisotopic (exact) mass is 1040 g/mol. The number of ether oxygens (including phenoxy) is 1. The van der Waals surface area contributed by atoms with Crippen LogP contribution in [-0.4, -0.2) is 14.1 Å². The second-order valence-corrected chi connectivity index (χ2v) is 18.0. The maximum absolute atomic E-state index is 6.68. The summed E-state index contributed by atoms with van der Waals surface area (Å²) in [7, 11) is 0. The molecule has 12 aromatic rings. The molecule has 0 fully saturated rings. The van der Waals surface area contributed by atoms with Gasteiger partial charge >= 0.3 is 0 Å². The molecule has 0 atom stereocenters. The normalized spacial score (nSPS) is 12.0. The largest absolute Gasteiger partial charge is 0.512 e. The van der Waals surface area contributed by atoms with Gasteiger partial charge in [0.15, 0.2) is 0 Å². The van der Waals surface area contributed by atoms with E-state index in [1.165, 1.54) is 16.7 Å². The number of aromatic nitrogens is 4. The predicted octanol–water partition coefficient (Wildman–Crippen LogP) is 14.6. The van der Waals surface area contributed by atoms with E-state index < -0.39 is 0 Å². The Morgan fingerprint density at radius 2 is 1.21 bits per heavy atom. The average Bonchev–Trinajstić information content (AvgIpc) is 4.05. The summed E-state index contributed by atoms with van der Waals surface area (Å²) < 4.78 is 19.6. The zero-order valence-corrected chi connectivity index (χ0v) is 39.1. The molecule has 0 N–H and O–H groups in total. The number of pyridine rings is 1. The molecule has 13 rings (SSSR count). The molecule has 0 amide bonds. The number of furan rings is 1. The summed E-state index contributed by atoms with van der Waals surface area (Å²) in [4.78, 5) is 4.86. The summed E-state index contributed by atoms with van der Waals surface area (Å²) >= 11 is 0. The van der Waals surface area contributed by atoms with Gasteiger partial charge in [0.25, 0.3) is 6.33 Å². The molecular weight excluding hydrogens is 1000 g/mol. The molecule has 6 nitrogen and oxygen atoms in total. The third kappa shape index (κ3) is 6.50. The molecule has 0 unspecified atom stereocenters. The molecule has 67 heavy (non-hydrogen) atoms. The molecule has 1 aliphatic heterocycles. The fourth-order valence-corrected chi connectivity index (χ4v) is 9.92. The van der Waals surface area contributed by atoms with Crippen molar-refractivity contribution in [1.82, 2.24) is 14.1 Å². The van der Waals surface area contributed by atoms with Crippen LogP contribution in [0.3, 0.4) is 0 Å². The van der Waals surface area contributed by atoms with Gasteiger partial charge in [-0.15, -0.1) is 17.5 Å². The number of nitrogens with zero attached hydrogens (tertiary/aromatic N) is 4. The van der Waals surface area contributed by atoms with Gasteiger partial charge in [0.05, 0.1) is 28.7 Å². The summed E-state index contributed by atoms with van der Waals surface area (Å²) in [5, 5.41) is 2.97. The van der Waals surface area contributed by atoms with Gasteiger partial charge in [-0.1, -0.05) is 178 Å². The smallest absolute Gasteiger partial charge is 0.269 e. The van der Waals surface area contributed by atoms with Gasteiger partial charge in [0.1, 0.15) is 5.82 Å².